The molecule has 0 aliphatic rings. The number of amides is 2. The lowest BCUT2D eigenvalue weighted by molar-refractivity contribution is 0.0919. The summed E-state index contributed by atoms with van der Waals surface area (Å²) >= 11 is 0. The molecule has 2 N–H and O–H groups in total. The fraction of sp³-hybridized carbons (Fsp3) is 0.500. The van der Waals surface area contributed by atoms with Gasteiger partial charge >= 0.3 is 0 Å². The molecule has 0 fully saturated rings. The molecule has 0 spiro atoms. The Bertz CT molecular complexity index is 487. The van der Waals surface area contributed by atoms with Crippen molar-refractivity contribution >= 4 is 11.8 Å². The van der Waals surface area contributed by atoms with Crippen molar-refractivity contribution in [2.45, 2.75) is 40.2 Å². The number of nitrogens with one attached hydrogen (secondary N) is 2. The quantitative estimate of drug-likeness (QED) is 0.888. The highest BCUT2D eigenvalue weighted by molar-refractivity contribution is 5.99. The summed E-state index contributed by atoms with van der Waals surface area (Å²) in [5.74, 6) is 0.0754. The first kappa shape index (κ1) is 16.2. The van der Waals surface area contributed by atoms with Crippen molar-refractivity contribution in [3.8, 4) is 0 Å². The molecule has 0 unspecified atom stereocenters. The first-order chi connectivity index (χ1) is 9.19. The highest BCUT2D eigenvalue weighted by atomic mass is 16.2. The summed E-state index contributed by atoms with van der Waals surface area (Å²) < 4.78 is 0. The van der Waals surface area contributed by atoms with Crippen molar-refractivity contribution in [3.05, 3.63) is 35.4 Å². The zero-order chi connectivity index (χ0) is 15.3. The van der Waals surface area contributed by atoms with Crippen LogP contribution in [0.1, 0.15) is 55.3 Å². The van der Waals surface area contributed by atoms with Crippen LogP contribution in [0.4, 0.5) is 0 Å². The van der Waals surface area contributed by atoms with Gasteiger partial charge in [0.15, 0.2) is 0 Å². The van der Waals surface area contributed by atoms with E-state index >= 15 is 0 Å². The van der Waals surface area contributed by atoms with Crippen LogP contribution in [-0.4, -0.2) is 23.9 Å². The Morgan fingerprint density at radius 2 is 1.65 bits per heavy atom. The van der Waals surface area contributed by atoms with Gasteiger partial charge in [0.25, 0.3) is 11.8 Å². The van der Waals surface area contributed by atoms with Gasteiger partial charge in [0.1, 0.15) is 0 Å². The minimum absolute atomic E-state index is 0.149. The van der Waals surface area contributed by atoms with Gasteiger partial charge in [-0.2, -0.15) is 0 Å². The zero-order valence-electron chi connectivity index (χ0n) is 12.9. The Kier molecular flexibility index (Phi) is 5.31. The number of rotatable bonds is 4. The Balaban J connectivity index is 2.80. The van der Waals surface area contributed by atoms with Gasteiger partial charge in [-0.25, -0.2) is 0 Å². The molecule has 0 heterocycles. The molecule has 4 heteroatoms. The van der Waals surface area contributed by atoms with Crippen molar-refractivity contribution in [1.29, 1.82) is 0 Å². The molecule has 110 valence electrons. The van der Waals surface area contributed by atoms with E-state index in [1.807, 2.05) is 34.6 Å². The van der Waals surface area contributed by atoms with Gasteiger partial charge in [-0.15, -0.1) is 0 Å². The van der Waals surface area contributed by atoms with Crippen LogP contribution in [0.3, 0.4) is 0 Å². The molecule has 0 aliphatic heterocycles. The van der Waals surface area contributed by atoms with Crippen LogP contribution in [0, 0.1) is 5.92 Å². The van der Waals surface area contributed by atoms with Crippen LogP contribution >= 0.6 is 0 Å². The Morgan fingerprint density at radius 1 is 1.10 bits per heavy atom. The minimum Gasteiger partial charge on any atom is -0.352 e. The molecule has 20 heavy (non-hydrogen) atoms. The summed E-state index contributed by atoms with van der Waals surface area (Å²) in [7, 11) is 0. The third-order valence-electron chi connectivity index (χ3n) is 2.55. The van der Waals surface area contributed by atoms with E-state index in [1.165, 1.54) is 0 Å². The Morgan fingerprint density at radius 3 is 2.15 bits per heavy atom. The van der Waals surface area contributed by atoms with Crippen LogP contribution < -0.4 is 10.6 Å². The third kappa shape index (κ3) is 5.43. The lowest BCUT2D eigenvalue weighted by Crippen LogP contribution is -2.40. The lowest BCUT2D eigenvalue weighted by atomic mass is 10.1. The fourth-order valence-electron chi connectivity index (χ4n) is 1.61. The van der Waals surface area contributed by atoms with E-state index in [0.29, 0.717) is 23.6 Å². The molecule has 1 rings (SSSR count). The SMILES string of the molecule is CC(C)CNC(=O)c1cccc(C(=O)NC(C)(C)C)c1. The van der Waals surface area contributed by atoms with Gasteiger partial charge in [-0.05, 0) is 44.9 Å². The Labute approximate surface area is 121 Å². The van der Waals surface area contributed by atoms with Crippen LogP contribution in [0.5, 0.6) is 0 Å². The zero-order valence-corrected chi connectivity index (χ0v) is 12.9. The molecule has 0 atom stereocenters. The smallest absolute Gasteiger partial charge is 0.251 e. The summed E-state index contributed by atoms with van der Waals surface area (Å²) in [6, 6.07) is 6.77. The monoisotopic (exact) mass is 276 g/mol. The van der Waals surface area contributed by atoms with Crippen molar-refractivity contribution in [1.82, 2.24) is 10.6 Å². The summed E-state index contributed by atoms with van der Waals surface area (Å²) in [4.78, 5) is 24.0. The van der Waals surface area contributed by atoms with Gasteiger partial charge in [0.2, 0.25) is 0 Å². The van der Waals surface area contributed by atoms with Gasteiger partial charge in [-0.3, -0.25) is 9.59 Å². The summed E-state index contributed by atoms with van der Waals surface area (Å²) in [5.41, 5.74) is 0.705. The maximum Gasteiger partial charge on any atom is 0.251 e. The molecular formula is C16H24N2O2. The van der Waals surface area contributed by atoms with Gasteiger partial charge in [-0.1, -0.05) is 19.9 Å². The van der Waals surface area contributed by atoms with Crippen molar-refractivity contribution < 1.29 is 9.59 Å². The number of hydrogen-bond acceptors (Lipinski definition) is 2. The van der Waals surface area contributed by atoms with Crippen LogP contribution in [0.15, 0.2) is 24.3 Å². The van der Waals surface area contributed by atoms with E-state index in [1.54, 1.807) is 24.3 Å². The number of carbonyl (C=O) groups excluding carboxylic acids is 2. The van der Waals surface area contributed by atoms with E-state index in [0.717, 1.165) is 0 Å². The van der Waals surface area contributed by atoms with Gasteiger partial charge in [0.05, 0.1) is 0 Å². The second kappa shape index (κ2) is 6.55. The second-order valence-corrected chi connectivity index (χ2v) is 6.39. The topological polar surface area (TPSA) is 58.2 Å². The van der Waals surface area contributed by atoms with Crippen molar-refractivity contribution in [2.24, 2.45) is 5.92 Å². The molecule has 0 saturated heterocycles. The number of hydrogen-bond donors (Lipinski definition) is 2. The lowest BCUT2D eigenvalue weighted by Gasteiger charge is -2.20. The van der Waals surface area contributed by atoms with E-state index in [4.69, 9.17) is 0 Å². The fourth-order valence-corrected chi connectivity index (χ4v) is 1.61. The average molecular weight is 276 g/mol. The van der Waals surface area contributed by atoms with E-state index in [2.05, 4.69) is 10.6 Å². The van der Waals surface area contributed by atoms with E-state index in [9.17, 15) is 9.59 Å². The van der Waals surface area contributed by atoms with Crippen molar-refractivity contribution in [3.63, 3.8) is 0 Å². The van der Waals surface area contributed by atoms with Crippen LogP contribution in [0.2, 0.25) is 0 Å². The Hall–Kier alpha value is -1.84. The van der Waals surface area contributed by atoms with Gasteiger partial charge < -0.3 is 10.6 Å². The first-order valence-electron chi connectivity index (χ1n) is 6.90. The highest BCUT2D eigenvalue weighted by Crippen LogP contribution is 2.08. The van der Waals surface area contributed by atoms with E-state index < -0.39 is 0 Å². The van der Waals surface area contributed by atoms with Crippen LogP contribution in [-0.2, 0) is 0 Å². The molecule has 2 amide bonds. The normalized spacial score (nSPS) is 11.3. The predicted octanol–water partition coefficient (Wildman–Crippen LogP) is 2.60. The molecule has 0 radical (unpaired) electrons. The number of carbonyl (C=O) groups is 2. The molecule has 1 aromatic carbocycles. The second-order valence-electron chi connectivity index (χ2n) is 6.39. The maximum atomic E-state index is 12.1. The summed E-state index contributed by atoms with van der Waals surface area (Å²) in [5, 5.41) is 5.72. The average Bonchev–Trinajstić information content (AvgIpc) is 2.34. The largest absolute Gasteiger partial charge is 0.352 e. The predicted molar refractivity (Wildman–Crippen MR) is 80.8 cm³/mol. The summed E-state index contributed by atoms with van der Waals surface area (Å²) in [6.45, 7) is 10.5. The molecule has 0 aliphatic carbocycles. The molecule has 0 bridgehead atoms. The third-order valence-corrected chi connectivity index (χ3v) is 2.55. The van der Waals surface area contributed by atoms with Gasteiger partial charge in [0, 0.05) is 23.2 Å². The molecule has 0 saturated carbocycles. The maximum absolute atomic E-state index is 12.1. The standard InChI is InChI=1S/C16H24N2O2/c1-11(2)10-17-14(19)12-7-6-8-13(9-12)15(20)18-16(3,4)5/h6-9,11H,10H2,1-5H3,(H,17,19)(H,18,20). The van der Waals surface area contributed by atoms with Crippen LogP contribution in [0.25, 0.3) is 0 Å². The molecule has 4 nitrogen and oxygen atoms in total. The molecule has 0 aromatic heterocycles. The highest BCUT2D eigenvalue weighted by Gasteiger charge is 2.16. The minimum atomic E-state index is -0.299. The number of benzene rings is 1. The molecular weight excluding hydrogens is 252 g/mol. The van der Waals surface area contributed by atoms with Crippen molar-refractivity contribution in [2.75, 3.05) is 6.54 Å². The summed E-state index contributed by atoms with van der Waals surface area (Å²) in [6.07, 6.45) is 0. The van der Waals surface area contributed by atoms with E-state index in [-0.39, 0.29) is 17.4 Å². The first-order valence-corrected chi connectivity index (χ1v) is 6.90. The molecule has 1 aromatic rings.